The Hall–Kier alpha value is -0.700. The van der Waals surface area contributed by atoms with Gasteiger partial charge in [-0.15, -0.1) is 0 Å². The fraction of sp³-hybridized carbons (Fsp3) is 0.963. The van der Waals surface area contributed by atoms with Crippen molar-refractivity contribution in [1.29, 1.82) is 0 Å². The lowest BCUT2D eigenvalue weighted by molar-refractivity contribution is -0.174. The second-order valence-electron chi connectivity index (χ2n) is 13.0. The number of aliphatic hydroxyl groups excluding tert-OH is 2. The zero-order chi connectivity index (χ0) is 25.8. The summed E-state index contributed by atoms with van der Waals surface area (Å²) in [4.78, 5) is 12.3. The zero-order valence-corrected chi connectivity index (χ0v) is 22.7. The highest BCUT2D eigenvalue weighted by atomic mass is 32.2. The van der Waals surface area contributed by atoms with E-state index in [1.807, 2.05) is 0 Å². The summed E-state index contributed by atoms with van der Waals surface area (Å²) in [7, 11) is -4.40. The van der Waals surface area contributed by atoms with Gasteiger partial charge in [0.05, 0.1) is 27.6 Å². The first-order valence-electron chi connectivity index (χ1n) is 13.9. The molecule has 0 aromatic rings. The van der Waals surface area contributed by atoms with E-state index in [0.717, 1.165) is 38.5 Å². The molecule has 4 rings (SSSR count). The average Bonchev–Trinajstić information content (AvgIpc) is 3.15. The highest BCUT2D eigenvalue weighted by molar-refractivity contribution is 7.86. The zero-order valence-electron chi connectivity index (χ0n) is 21.9. The number of rotatable bonds is 7. The molecule has 0 bridgehead atoms. The van der Waals surface area contributed by atoms with Gasteiger partial charge in [0, 0.05) is 13.0 Å². The molecule has 35 heavy (non-hydrogen) atoms. The Morgan fingerprint density at radius 2 is 1.77 bits per heavy atom. The Balaban J connectivity index is 1.39. The Bertz CT molecular complexity index is 894. The normalized spacial score (nSPS) is 45.1. The first-order chi connectivity index (χ1) is 16.3. The molecule has 4 saturated carbocycles. The number of nitrogens with one attached hydrogen (secondary N) is 1. The van der Waals surface area contributed by atoms with Crippen molar-refractivity contribution in [2.75, 3.05) is 6.54 Å². The fourth-order valence-electron chi connectivity index (χ4n) is 9.17. The second-order valence-corrected chi connectivity index (χ2v) is 14.8. The van der Waals surface area contributed by atoms with Crippen molar-refractivity contribution in [3.63, 3.8) is 0 Å². The molecule has 7 nitrogen and oxygen atoms in total. The predicted molar refractivity (Wildman–Crippen MR) is 133 cm³/mol. The van der Waals surface area contributed by atoms with E-state index in [0.29, 0.717) is 42.4 Å². The van der Waals surface area contributed by atoms with Gasteiger partial charge in [-0.2, -0.15) is 0 Å². The first kappa shape index (κ1) is 27.3. The highest BCUT2D eigenvalue weighted by Crippen LogP contribution is 2.68. The fourth-order valence-corrected chi connectivity index (χ4v) is 9.46. The van der Waals surface area contributed by atoms with Gasteiger partial charge in [-0.3, -0.25) is 4.79 Å². The van der Waals surface area contributed by atoms with Crippen molar-refractivity contribution < 1.29 is 28.0 Å². The van der Waals surface area contributed by atoms with E-state index in [9.17, 15) is 28.0 Å². The van der Waals surface area contributed by atoms with Crippen LogP contribution < -0.4 is 5.32 Å². The lowest BCUT2D eigenvalue weighted by Crippen LogP contribution is -2.58. The van der Waals surface area contributed by atoms with E-state index >= 15 is 0 Å². The van der Waals surface area contributed by atoms with Gasteiger partial charge in [-0.25, -0.2) is 8.42 Å². The molecule has 4 fully saturated rings. The van der Waals surface area contributed by atoms with Crippen LogP contribution in [0.2, 0.25) is 0 Å². The van der Waals surface area contributed by atoms with Crippen molar-refractivity contribution in [3.05, 3.63) is 0 Å². The minimum atomic E-state index is -4.40. The molecule has 0 aromatic carbocycles. The molecule has 0 heterocycles. The summed E-state index contributed by atoms with van der Waals surface area (Å²) in [5, 5.41) is 23.4. The molecule has 0 radical (unpaired) electrons. The molecular weight excluding hydrogens is 466 g/mol. The van der Waals surface area contributed by atoms with Crippen LogP contribution in [0.5, 0.6) is 0 Å². The minimum absolute atomic E-state index is 0.139. The number of carbonyl (C=O) groups excluding carboxylic acids is 1. The molecule has 11 atom stereocenters. The van der Waals surface area contributed by atoms with Gasteiger partial charge in [-0.05, 0) is 111 Å². The van der Waals surface area contributed by atoms with Crippen LogP contribution >= 0.6 is 0 Å². The Morgan fingerprint density at radius 3 is 2.46 bits per heavy atom. The Kier molecular flexibility index (Phi) is 7.72. The van der Waals surface area contributed by atoms with E-state index < -0.39 is 15.4 Å². The summed E-state index contributed by atoms with van der Waals surface area (Å²) in [5.74, 6) is 2.65. The van der Waals surface area contributed by atoms with Crippen molar-refractivity contribution in [2.45, 2.75) is 109 Å². The average molecular weight is 513 g/mol. The van der Waals surface area contributed by atoms with E-state index in [-0.39, 0.29) is 41.4 Å². The van der Waals surface area contributed by atoms with Crippen LogP contribution in [0.25, 0.3) is 0 Å². The lowest BCUT2D eigenvalue weighted by atomic mass is 9.43. The van der Waals surface area contributed by atoms with Crippen LogP contribution in [-0.4, -0.2) is 53.1 Å². The van der Waals surface area contributed by atoms with Gasteiger partial charge in [-0.1, -0.05) is 20.8 Å². The third-order valence-corrected chi connectivity index (χ3v) is 12.6. The van der Waals surface area contributed by atoms with Crippen LogP contribution in [0.1, 0.15) is 91.9 Å². The topological polar surface area (TPSA) is 127 Å². The molecular formula is C27H46NO6S-. The molecule has 0 saturated heterocycles. The first-order valence-corrected chi connectivity index (χ1v) is 15.3. The summed E-state index contributed by atoms with van der Waals surface area (Å²) < 4.78 is 33.2. The summed E-state index contributed by atoms with van der Waals surface area (Å²) in [6.07, 6.45) is 8.81. The third-order valence-electron chi connectivity index (χ3n) is 11.4. The molecule has 202 valence electrons. The minimum Gasteiger partial charge on any atom is -0.748 e. The quantitative estimate of drug-likeness (QED) is 0.449. The number of hydrogen-bond donors (Lipinski definition) is 3. The monoisotopic (exact) mass is 512 g/mol. The van der Waals surface area contributed by atoms with Crippen LogP contribution in [0, 0.1) is 46.3 Å². The van der Waals surface area contributed by atoms with Crippen molar-refractivity contribution in [3.8, 4) is 0 Å². The molecule has 8 heteroatoms. The summed E-state index contributed by atoms with van der Waals surface area (Å²) in [5.41, 5.74) is 0.0839. The van der Waals surface area contributed by atoms with Crippen molar-refractivity contribution >= 4 is 16.0 Å². The van der Waals surface area contributed by atoms with Crippen molar-refractivity contribution in [1.82, 2.24) is 5.32 Å². The number of fused-ring (bicyclic) bond motifs is 5. The molecule has 0 spiro atoms. The summed E-state index contributed by atoms with van der Waals surface area (Å²) in [6, 6.07) is 0. The van der Waals surface area contributed by atoms with E-state index in [4.69, 9.17) is 0 Å². The molecule has 1 amide bonds. The summed E-state index contributed by atoms with van der Waals surface area (Å²) >= 11 is 0. The Labute approximate surface area is 211 Å². The number of carbonyl (C=O) groups is 1. The third kappa shape index (κ3) is 4.94. The van der Waals surface area contributed by atoms with Gasteiger partial charge >= 0.3 is 0 Å². The largest absolute Gasteiger partial charge is 0.748 e. The SMILES string of the molecule is C[C@H](CCC(=O)NC[C@@H](C)S(=O)(=O)[O-])[C@H]1CC[C@H]2[C@@H]3CC[C@@H]4C[C@H](O)CC[C@]4(C)[C@H]3C[C@H](O)[C@]12C. The van der Waals surface area contributed by atoms with E-state index in [1.165, 1.54) is 19.8 Å². The van der Waals surface area contributed by atoms with E-state index in [2.05, 4.69) is 26.1 Å². The van der Waals surface area contributed by atoms with Crippen LogP contribution in [0.3, 0.4) is 0 Å². The predicted octanol–water partition coefficient (Wildman–Crippen LogP) is 3.44. The van der Waals surface area contributed by atoms with Gasteiger partial charge in [0.1, 0.15) is 0 Å². The molecule has 0 aromatic heterocycles. The van der Waals surface area contributed by atoms with Gasteiger partial charge in [0.2, 0.25) is 5.91 Å². The number of amides is 1. The van der Waals surface area contributed by atoms with Gasteiger partial charge in [0.25, 0.3) is 0 Å². The second kappa shape index (κ2) is 9.88. The van der Waals surface area contributed by atoms with E-state index in [1.54, 1.807) is 0 Å². The maximum atomic E-state index is 12.3. The standard InChI is InChI=1S/C27H47NO6S/c1-16(5-10-25(31)28-15-17(2)35(32,33)34)21-8-9-22-20-7-6-18-13-19(29)11-12-26(18,3)23(20)14-24(30)27(21,22)4/h16-24,29-30H,5-15H2,1-4H3,(H,28,31)(H,32,33,34)/p-1/t16-,17-,18-,19-,20+,21-,22+,23+,24+,26+,27-/m1/s1. The smallest absolute Gasteiger partial charge is 0.220 e. The number of hydrogen-bond acceptors (Lipinski definition) is 6. The molecule has 0 unspecified atom stereocenters. The maximum absolute atomic E-state index is 12.3. The molecule has 3 N–H and O–H groups in total. The molecule has 4 aliphatic carbocycles. The molecule has 4 aliphatic rings. The Morgan fingerprint density at radius 1 is 1.06 bits per heavy atom. The van der Waals surface area contributed by atoms with Crippen LogP contribution in [0.15, 0.2) is 0 Å². The number of aliphatic hydroxyl groups is 2. The van der Waals surface area contributed by atoms with Crippen LogP contribution in [-0.2, 0) is 14.9 Å². The van der Waals surface area contributed by atoms with Gasteiger partial charge < -0.3 is 20.1 Å². The van der Waals surface area contributed by atoms with Crippen molar-refractivity contribution in [2.24, 2.45) is 46.3 Å². The van der Waals surface area contributed by atoms with Gasteiger partial charge in [0.15, 0.2) is 0 Å². The van der Waals surface area contributed by atoms with Crippen LogP contribution in [0.4, 0.5) is 0 Å². The lowest BCUT2D eigenvalue weighted by Gasteiger charge is -2.62. The highest BCUT2D eigenvalue weighted by Gasteiger charge is 2.63. The molecule has 0 aliphatic heterocycles. The summed E-state index contributed by atoms with van der Waals surface area (Å²) in [6.45, 7) is 8.08. The maximum Gasteiger partial charge on any atom is 0.220 e.